The Morgan fingerprint density at radius 2 is 2.19 bits per heavy atom. The summed E-state index contributed by atoms with van der Waals surface area (Å²) in [5.41, 5.74) is 0.0523. The van der Waals surface area contributed by atoms with Crippen molar-refractivity contribution in [3.63, 3.8) is 0 Å². The molecule has 0 saturated carbocycles. The van der Waals surface area contributed by atoms with Crippen LogP contribution in [0.3, 0.4) is 0 Å². The van der Waals surface area contributed by atoms with Crippen molar-refractivity contribution in [1.82, 2.24) is 5.32 Å². The molecule has 0 bridgehead atoms. The van der Waals surface area contributed by atoms with Crippen molar-refractivity contribution >= 4 is 5.91 Å². The van der Waals surface area contributed by atoms with Gasteiger partial charge in [0.2, 0.25) is 0 Å². The van der Waals surface area contributed by atoms with Crippen molar-refractivity contribution in [1.29, 1.82) is 0 Å². The number of hydrogen-bond donors (Lipinski definition) is 3. The van der Waals surface area contributed by atoms with Crippen molar-refractivity contribution in [2.45, 2.75) is 6.92 Å². The third kappa shape index (κ3) is 3.13. The van der Waals surface area contributed by atoms with E-state index in [0.29, 0.717) is 19.8 Å². The molecule has 1 rings (SSSR count). The zero-order chi connectivity index (χ0) is 12.0. The van der Waals surface area contributed by atoms with Gasteiger partial charge in [-0.2, -0.15) is 0 Å². The topological polar surface area (TPSA) is 78.8 Å². The molecule has 0 fully saturated rings. The molecule has 5 heteroatoms. The molecular formula is C11H15NO4. The van der Waals surface area contributed by atoms with Crippen LogP contribution >= 0.6 is 0 Å². The van der Waals surface area contributed by atoms with E-state index < -0.39 is 11.7 Å². The Morgan fingerprint density at radius 3 is 2.88 bits per heavy atom. The van der Waals surface area contributed by atoms with Gasteiger partial charge in [-0.1, -0.05) is 6.07 Å². The maximum Gasteiger partial charge on any atom is 0.255 e. The Morgan fingerprint density at radius 1 is 1.44 bits per heavy atom. The van der Waals surface area contributed by atoms with Crippen LogP contribution in [0.25, 0.3) is 0 Å². The number of para-hydroxylation sites is 1. The fraction of sp³-hybridized carbons (Fsp3) is 0.364. The van der Waals surface area contributed by atoms with Crippen LogP contribution in [0.1, 0.15) is 17.3 Å². The summed E-state index contributed by atoms with van der Waals surface area (Å²) in [6.07, 6.45) is 0. The second-order valence-electron chi connectivity index (χ2n) is 3.13. The van der Waals surface area contributed by atoms with Gasteiger partial charge in [0.1, 0.15) is 0 Å². The normalized spacial score (nSPS) is 10.1. The number of ether oxygens (including phenoxy) is 1. The van der Waals surface area contributed by atoms with Crippen LogP contribution in [0, 0.1) is 0 Å². The zero-order valence-corrected chi connectivity index (χ0v) is 9.06. The summed E-state index contributed by atoms with van der Waals surface area (Å²) in [5, 5.41) is 21.2. The first-order chi connectivity index (χ1) is 7.66. The van der Waals surface area contributed by atoms with Crippen LogP contribution in [0.5, 0.6) is 11.5 Å². The highest BCUT2D eigenvalue weighted by atomic mass is 16.5. The van der Waals surface area contributed by atoms with Gasteiger partial charge in [-0.05, 0) is 19.1 Å². The monoisotopic (exact) mass is 225 g/mol. The standard InChI is InChI=1S/C11H15NO4/c1-2-16-7-6-12-11(15)8-4-3-5-9(13)10(8)14/h3-5,13-14H,2,6-7H2,1H3,(H,12,15). The number of hydrogen-bond acceptors (Lipinski definition) is 4. The van der Waals surface area contributed by atoms with Crippen molar-refractivity contribution in [3.8, 4) is 11.5 Å². The molecule has 0 radical (unpaired) electrons. The molecular weight excluding hydrogens is 210 g/mol. The largest absolute Gasteiger partial charge is 0.504 e. The first kappa shape index (κ1) is 12.3. The molecule has 1 amide bonds. The van der Waals surface area contributed by atoms with E-state index in [0.717, 1.165) is 0 Å². The van der Waals surface area contributed by atoms with Crippen molar-refractivity contribution < 1.29 is 19.7 Å². The van der Waals surface area contributed by atoms with E-state index in [1.54, 1.807) is 0 Å². The van der Waals surface area contributed by atoms with E-state index in [1.165, 1.54) is 18.2 Å². The molecule has 88 valence electrons. The quantitative estimate of drug-likeness (QED) is 0.513. The first-order valence-electron chi connectivity index (χ1n) is 5.03. The van der Waals surface area contributed by atoms with Crippen molar-refractivity contribution in [3.05, 3.63) is 23.8 Å². The zero-order valence-electron chi connectivity index (χ0n) is 9.06. The summed E-state index contributed by atoms with van der Waals surface area (Å²) in [6, 6.07) is 4.24. The average molecular weight is 225 g/mol. The molecule has 0 spiro atoms. The second-order valence-corrected chi connectivity index (χ2v) is 3.13. The van der Waals surface area contributed by atoms with Crippen LogP contribution < -0.4 is 5.32 Å². The molecule has 1 aromatic rings. The fourth-order valence-electron chi connectivity index (χ4n) is 1.19. The average Bonchev–Trinajstić information content (AvgIpc) is 2.28. The predicted molar refractivity (Wildman–Crippen MR) is 58.6 cm³/mol. The summed E-state index contributed by atoms with van der Waals surface area (Å²) in [6.45, 7) is 3.24. The number of phenolic OH excluding ortho intramolecular Hbond substituents is 2. The molecule has 0 aliphatic rings. The highest BCUT2D eigenvalue weighted by molar-refractivity contribution is 5.97. The number of benzene rings is 1. The third-order valence-corrected chi connectivity index (χ3v) is 2.00. The lowest BCUT2D eigenvalue weighted by Crippen LogP contribution is -2.27. The highest BCUT2D eigenvalue weighted by Gasteiger charge is 2.12. The lowest BCUT2D eigenvalue weighted by molar-refractivity contribution is 0.0919. The number of nitrogens with one attached hydrogen (secondary N) is 1. The maximum atomic E-state index is 11.5. The van der Waals surface area contributed by atoms with Crippen molar-refractivity contribution in [2.75, 3.05) is 19.8 Å². The minimum absolute atomic E-state index is 0.0523. The minimum atomic E-state index is -0.437. The van der Waals surface area contributed by atoms with Crippen LogP contribution in [0.2, 0.25) is 0 Å². The summed E-state index contributed by atoms with van der Waals surface area (Å²) < 4.78 is 5.05. The number of amides is 1. The van der Waals surface area contributed by atoms with E-state index in [-0.39, 0.29) is 11.3 Å². The van der Waals surface area contributed by atoms with E-state index in [1.807, 2.05) is 6.92 Å². The van der Waals surface area contributed by atoms with Gasteiger partial charge in [-0.15, -0.1) is 0 Å². The Balaban J connectivity index is 2.56. The van der Waals surface area contributed by atoms with E-state index in [2.05, 4.69) is 5.32 Å². The second kappa shape index (κ2) is 5.97. The van der Waals surface area contributed by atoms with E-state index in [4.69, 9.17) is 4.74 Å². The van der Waals surface area contributed by atoms with Gasteiger partial charge in [-0.25, -0.2) is 0 Å². The van der Waals surface area contributed by atoms with Gasteiger partial charge in [0.05, 0.1) is 12.2 Å². The molecule has 0 atom stereocenters. The molecule has 0 saturated heterocycles. The Hall–Kier alpha value is -1.75. The number of carbonyl (C=O) groups is 1. The molecule has 0 aliphatic carbocycles. The number of aromatic hydroxyl groups is 2. The first-order valence-corrected chi connectivity index (χ1v) is 5.03. The van der Waals surface area contributed by atoms with Gasteiger partial charge < -0.3 is 20.3 Å². The molecule has 3 N–H and O–H groups in total. The molecule has 16 heavy (non-hydrogen) atoms. The number of phenols is 2. The summed E-state index contributed by atoms with van der Waals surface area (Å²) >= 11 is 0. The molecule has 1 aromatic carbocycles. The highest BCUT2D eigenvalue weighted by Crippen LogP contribution is 2.27. The lowest BCUT2D eigenvalue weighted by Gasteiger charge is -2.07. The van der Waals surface area contributed by atoms with E-state index >= 15 is 0 Å². The Labute approximate surface area is 93.7 Å². The summed E-state index contributed by atoms with van der Waals surface area (Å²) in [5.74, 6) is -1.15. The molecule has 5 nitrogen and oxygen atoms in total. The Bertz CT molecular complexity index is 365. The van der Waals surface area contributed by atoms with Gasteiger partial charge in [0, 0.05) is 13.2 Å². The molecule has 0 aromatic heterocycles. The van der Waals surface area contributed by atoms with Crippen LogP contribution in [-0.2, 0) is 4.74 Å². The molecule has 0 heterocycles. The maximum absolute atomic E-state index is 11.5. The minimum Gasteiger partial charge on any atom is -0.504 e. The van der Waals surface area contributed by atoms with Gasteiger partial charge >= 0.3 is 0 Å². The fourth-order valence-corrected chi connectivity index (χ4v) is 1.19. The van der Waals surface area contributed by atoms with Crippen LogP contribution in [0.4, 0.5) is 0 Å². The Kier molecular flexibility index (Phi) is 4.60. The third-order valence-electron chi connectivity index (χ3n) is 2.00. The lowest BCUT2D eigenvalue weighted by atomic mass is 10.1. The predicted octanol–water partition coefficient (Wildman–Crippen LogP) is 0.864. The summed E-state index contributed by atoms with van der Waals surface area (Å²) in [4.78, 5) is 11.5. The molecule has 0 unspecified atom stereocenters. The van der Waals surface area contributed by atoms with Crippen molar-refractivity contribution in [2.24, 2.45) is 0 Å². The van der Waals surface area contributed by atoms with Gasteiger partial charge in [0.25, 0.3) is 5.91 Å². The molecule has 0 aliphatic heterocycles. The van der Waals surface area contributed by atoms with Gasteiger partial charge in [-0.3, -0.25) is 4.79 Å². The number of carbonyl (C=O) groups excluding carboxylic acids is 1. The summed E-state index contributed by atoms with van der Waals surface area (Å²) in [7, 11) is 0. The van der Waals surface area contributed by atoms with Crippen LogP contribution in [0.15, 0.2) is 18.2 Å². The smallest absolute Gasteiger partial charge is 0.255 e. The van der Waals surface area contributed by atoms with Gasteiger partial charge in [0.15, 0.2) is 11.5 Å². The SMILES string of the molecule is CCOCCNC(=O)c1cccc(O)c1O. The van der Waals surface area contributed by atoms with Crippen LogP contribution in [-0.4, -0.2) is 35.9 Å². The van der Waals surface area contributed by atoms with E-state index in [9.17, 15) is 15.0 Å². The number of rotatable bonds is 5.